The molecule has 1 aromatic carbocycles. The van der Waals surface area contributed by atoms with Crippen molar-refractivity contribution >= 4 is 23.2 Å². The molecule has 0 radical (unpaired) electrons. The quantitative estimate of drug-likeness (QED) is 0.861. The van der Waals surface area contributed by atoms with E-state index in [9.17, 15) is 9.59 Å². The van der Waals surface area contributed by atoms with Crippen LogP contribution in [0.3, 0.4) is 0 Å². The molecular weight excluding hydrogens is 274 g/mol. The smallest absolute Gasteiger partial charge is 0.307 e. The van der Waals surface area contributed by atoms with Crippen molar-refractivity contribution in [2.45, 2.75) is 12.5 Å². The minimum absolute atomic E-state index is 0.108. The Morgan fingerprint density at radius 1 is 1.25 bits per heavy atom. The van der Waals surface area contributed by atoms with Gasteiger partial charge in [-0.3, -0.25) is 9.59 Å². The van der Waals surface area contributed by atoms with Crippen molar-refractivity contribution in [2.75, 3.05) is 7.11 Å². The summed E-state index contributed by atoms with van der Waals surface area (Å²) in [7, 11) is 1.34. The highest BCUT2D eigenvalue weighted by molar-refractivity contribution is 7.08. The number of methoxy groups -OCH3 is 1. The first kappa shape index (κ1) is 14.3. The van der Waals surface area contributed by atoms with Crippen molar-refractivity contribution in [2.24, 2.45) is 0 Å². The van der Waals surface area contributed by atoms with E-state index in [0.29, 0.717) is 5.56 Å². The molecule has 20 heavy (non-hydrogen) atoms. The van der Waals surface area contributed by atoms with Crippen LogP contribution in [0.15, 0.2) is 47.2 Å². The first-order valence-corrected chi connectivity index (χ1v) is 7.10. The molecule has 1 amide bonds. The van der Waals surface area contributed by atoms with E-state index < -0.39 is 6.04 Å². The molecule has 4 nitrogen and oxygen atoms in total. The molecule has 1 heterocycles. The van der Waals surface area contributed by atoms with Gasteiger partial charge in [0.1, 0.15) is 0 Å². The third kappa shape index (κ3) is 3.68. The van der Waals surface area contributed by atoms with Crippen molar-refractivity contribution in [3.63, 3.8) is 0 Å². The number of ether oxygens (including phenoxy) is 1. The normalized spacial score (nSPS) is 11.7. The molecule has 5 heteroatoms. The van der Waals surface area contributed by atoms with Gasteiger partial charge in [0.25, 0.3) is 5.91 Å². The van der Waals surface area contributed by atoms with Gasteiger partial charge in [-0.25, -0.2) is 0 Å². The number of thiophene rings is 1. The summed E-state index contributed by atoms with van der Waals surface area (Å²) in [5.74, 6) is -0.548. The van der Waals surface area contributed by atoms with E-state index in [2.05, 4.69) is 10.1 Å². The molecule has 1 unspecified atom stereocenters. The Balaban J connectivity index is 2.14. The standard InChI is InChI=1S/C15H15NO3S/c1-19-14(17)9-13(11-5-3-2-4-6-11)16-15(18)12-7-8-20-10-12/h2-8,10,13H,9H2,1H3,(H,16,18). The van der Waals surface area contributed by atoms with Crippen LogP contribution in [-0.2, 0) is 9.53 Å². The Morgan fingerprint density at radius 2 is 2.00 bits per heavy atom. The second-order valence-corrected chi connectivity index (χ2v) is 5.01. The second-order valence-electron chi connectivity index (χ2n) is 4.23. The SMILES string of the molecule is COC(=O)CC(NC(=O)c1ccsc1)c1ccccc1. The number of amides is 1. The first-order valence-electron chi connectivity index (χ1n) is 6.15. The molecule has 0 aliphatic rings. The third-order valence-electron chi connectivity index (χ3n) is 2.89. The Hall–Kier alpha value is -2.14. The van der Waals surface area contributed by atoms with Crippen molar-refractivity contribution < 1.29 is 14.3 Å². The van der Waals surface area contributed by atoms with Crippen molar-refractivity contribution in [3.8, 4) is 0 Å². The summed E-state index contributed by atoms with van der Waals surface area (Å²) in [6.07, 6.45) is 0.108. The van der Waals surface area contributed by atoms with Crippen LogP contribution in [-0.4, -0.2) is 19.0 Å². The van der Waals surface area contributed by atoms with Crippen LogP contribution in [0.5, 0.6) is 0 Å². The van der Waals surface area contributed by atoms with Crippen molar-refractivity contribution in [1.29, 1.82) is 0 Å². The fraction of sp³-hybridized carbons (Fsp3) is 0.200. The summed E-state index contributed by atoms with van der Waals surface area (Å²) in [6.45, 7) is 0. The van der Waals surface area contributed by atoms with Gasteiger partial charge in [-0.2, -0.15) is 11.3 Å². The third-order valence-corrected chi connectivity index (χ3v) is 3.57. The van der Waals surface area contributed by atoms with Crippen LogP contribution in [0.1, 0.15) is 28.4 Å². The van der Waals surface area contributed by atoms with Gasteiger partial charge in [0.2, 0.25) is 0 Å². The van der Waals surface area contributed by atoms with Gasteiger partial charge < -0.3 is 10.1 Å². The molecule has 2 aromatic rings. The van der Waals surface area contributed by atoms with Crippen molar-refractivity contribution in [1.82, 2.24) is 5.32 Å². The number of carbonyl (C=O) groups excluding carboxylic acids is 2. The monoisotopic (exact) mass is 289 g/mol. The maximum absolute atomic E-state index is 12.1. The van der Waals surface area contributed by atoms with Crippen LogP contribution >= 0.6 is 11.3 Å². The molecule has 1 atom stereocenters. The predicted molar refractivity (Wildman–Crippen MR) is 77.6 cm³/mol. The van der Waals surface area contributed by atoms with Gasteiger partial charge in [0, 0.05) is 5.38 Å². The lowest BCUT2D eigenvalue weighted by molar-refractivity contribution is -0.141. The number of esters is 1. The van der Waals surface area contributed by atoms with Gasteiger partial charge in [0.15, 0.2) is 0 Å². The van der Waals surface area contributed by atoms with E-state index >= 15 is 0 Å². The van der Waals surface area contributed by atoms with Gasteiger partial charge >= 0.3 is 5.97 Å². The molecule has 104 valence electrons. The van der Waals surface area contributed by atoms with E-state index in [0.717, 1.165) is 5.56 Å². The molecule has 1 aromatic heterocycles. The zero-order valence-corrected chi connectivity index (χ0v) is 11.9. The number of nitrogens with one attached hydrogen (secondary N) is 1. The van der Waals surface area contributed by atoms with E-state index in [1.165, 1.54) is 18.4 Å². The van der Waals surface area contributed by atoms with E-state index in [4.69, 9.17) is 0 Å². The molecule has 0 bridgehead atoms. The lowest BCUT2D eigenvalue weighted by atomic mass is 10.0. The number of hydrogen-bond donors (Lipinski definition) is 1. The summed E-state index contributed by atoms with van der Waals surface area (Å²) in [4.78, 5) is 23.6. The zero-order chi connectivity index (χ0) is 14.4. The number of benzene rings is 1. The fourth-order valence-electron chi connectivity index (χ4n) is 1.82. The maximum Gasteiger partial charge on any atom is 0.307 e. The highest BCUT2D eigenvalue weighted by atomic mass is 32.1. The maximum atomic E-state index is 12.1. The average molecular weight is 289 g/mol. The first-order chi connectivity index (χ1) is 9.70. The van der Waals surface area contributed by atoms with E-state index in [1.54, 1.807) is 11.4 Å². The number of rotatable bonds is 5. The predicted octanol–water partition coefficient (Wildman–Crippen LogP) is 2.78. The molecular formula is C15H15NO3S. The van der Waals surface area contributed by atoms with Crippen LogP contribution < -0.4 is 5.32 Å². The highest BCUT2D eigenvalue weighted by Crippen LogP contribution is 2.18. The summed E-state index contributed by atoms with van der Waals surface area (Å²) in [5, 5.41) is 6.48. The molecule has 1 N–H and O–H groups in total. The molecule has 2 rings (SSSR count). The van der Waals surface area contributed by atoms with Gasteiger partial charge in [-0.05, 0) is 17.0 Å². The Bertz CT molecular complexity index is 566. The Kier molecular flexibility index (Phi) is 4.90. The van der Waals surface area contributed by atoms with Crippen LogP contribution in [0.4, 0.5) is 0 Å². The second kappa shape index (κ2) is 6.86. The van der Waals surface area contributed by atoms with Gasteiger partial charge in [-0.1, -0.05) is 30.3 Å². The van der Waals surface area contributed by atoms with E-state index in [-0.39, 0.29) is 18.3 Å². The topological polar surface area (TPSA) is 55.4 Å². The molecule has 0 aliphatic heterocycles. The Morgan fingerprint density at radius 3 is 2.60 bits per heavy atom. The lowest BCUT2D eigenvalue weighted by Gasteiger charge is -2.17. The van der Waals surface area contributed by atoms with Crippen LogP contribution in [0.25, 0.3) is 0 Å². The number of hydrogen-bond acceptors (Lipinski definition) is 4. The minimum atomic E-state index is -0.393. The van der Waals surface area contributed by atoms with Crippen LogP contribution in [0.2, 0.25) is 0 Å². The average Bonchev–Trinajstić information content (AvgIpc) is 3.01. The zero-order valence-electron chi connectivity index (χ0n) is 11.0. The Labute approximate surface area is 121 Å². The van der Waals surface area contributed by atoms with Gasteiger partial charge in [0.05, 0.1) is 25.1 Å². The molecule has 0 aliphatic carbocycles. The minimum Gasteiger partial charge on any atom is -0.469 e. The molecule has 0 saturated heterocycles. The summed E-state index contributed by atoms with van der Waals surface area (Å²) in [6, 6.07) is 10.7. The molecule has 0 fully saturated rings. The molecule has 0 saturated carbocycles. The largest absolute Gasteiger partial charge is 0.469 e. The summed E-state index contributed by atoms with van der Waals surface area (Å²) in [5.41, 5.74) is 1.47. The highest BCUT2D eigenvalue weighted by Gasteiger charge is 2.19. The summed E-state index contributed by atoms with van der Waals surface area (Å²) < 4.78 is 4.69. The molecule has 0 spiro atoms. The fourth-order valence-corrected chi connectivity index (χ4v) is 2.46. The van der Waals surface area contributed by atoms with E-state index in [1.807, 2.05) is 35.7 Å². The van der Waals surface area contributed by atoms with Crippen molar-refractivity contribution in [3.05, 3.63) is 58.3 Å². The van der Waals surface area contributed by atoms with Crippen LogP contribution in [0, 0.1) is 0 Å². The lowest BCUT2D eigenvalue weighted by Crippen LogP contribution is -2.30. The van der Waals surface area contributed by atoms with Gasteiger partial charge in [-0.15, -0.1) is 0 Å². The number of carbonyl (C=O) groups is 2. The summed E-state index contributed by atoms with van der Waals surface area (Å²) >= 11 is 1.46.